The van der Waals surface area contributed by atoms with Gasteiger partial charge in [-0.05, 0) is 53.1 Å². The Balaban J connectivity index is 1.56. The molecule has 9 rings (SSSR count). The maximum Gasteiger partial charge on any atom is 0.226 e. The van der Waals surface area contributed by atoms with E-state index < -0.39 is 303 Å². The van der Waals surface area contributed by atoms with Crippen molar-refractivity contribution in [2.45, 2.75) is 0 Å². The maximum absolute atomic E-state index is 10.2. The zero-order chi connectivity index (χ0) is 69.8. The third kappa shape index (κ3) is 6.66. The number of aromatic nitrogens is 3. The van der Waals surface area contributed by atoms with Crippen molar-refractivity contribution < 1.29 is 49.3 Å². The van der Waals surface area contributed by atoms with Crippen LogP contribution in [0.2, 0.25) is 5.28 Å². The molecule has 0 aliphatic rings. The van der Waals surface area contributed by atoms with E-state index in [1.54, 1.807) is 0 Å². The monoisotopic (exact) mass is 819 g/mol. The van der Waals surface area contributed by atoms with Crippen molar-refractivity contribution in [1.29, 1.82) is 0 Å². The second kappa shape index (κ2) is 15.9. The second-order valence-corrected chi connectivity index (χ2v) is 18.8. The summed E-state index contributed by atoms with van der Waals surface area (Å²) in [4.78, 5) is 12.5. The summed E-state index contributed by atoms with van der Waals surface area (Å²) in [5.74, 6) is -2.29. The molecule has 0 aliphatic carbocycles. The highest BCUT2D eigenvalue weighted by molar-refractivity contribution is 7.20. The summed E-state index contributed by atoms with van der Waals surface area (Å²) in [5, 5.41) is -9.79. The number of hydrogen-bond acceptors (Lipinski definition) is 3. The van der Waals surface area contributed by atoms with E-state index in [0.29, 0.717) is 12.1 Å². The molecule has 0 aliphatic heterocycles. The minimum absolute atomic E-state index is 0.626. The molecule has 8 aromatic carbocycles. The van der Waals surface area contributed by atoms with Crippen LogP contribution in [0.1, 0.15) is 49.3 Å². The van der Waals surface area contributed by atoms with E-state index in [0.717, 1.165) is 0 Å². The highest BCUT2D eigenvalue weighted by atomic mass is 35.5. The van der Waals surface area contributed by atoms with Crippen molar-refractivity contribution in [2.24, 2.45) is 0 Å². The van der Waals surface area contributed by atoms with Gasteiger partial charge in [0, 0.05) is 11.1 Å². The van der Waals surface area contributed by atoms with Crippen molar-refractivity contribution in [3.05, 3.63) is 235 Å². The number of rotatable bonds is 10. The molecule has 57 heavy (non-hydrogen) atoms. The summed E-state index contributed by atoms with van der Waals surface area (Å²) >= 11 is 6.68. The SMILES string of the molecule is [2H]c1cc([Si](c2c([2H])c([2H])c([2H])c([2H])c2[2H])(c2c([2H])c([2H])c([2H])c([2H])c2[2H])c2c([2H])c([2H])c([2H])c(-c3nc(Cl)nc(-c4c([2H])c([2H])c([2H])c([Si](c5cc([2H])c([2H])c([2H])c5[2H])(c5c([2H])c([2H])c([2H])c([2H])c5[2H])c5c([2H])c([2H])c([2H])c([2H])c5[2H])c4[2H])n3)c2[2H])c([2H])c([2H])c1[2H]. The topological polar surface area (TPSA) is 38.7 Å². The second-order valence-electron chi connectivity index (χ2n) is 11.4. The van der Waals surface area contributed by atoms with E-state index >= 15 is 0 Å². The Labute approximate surface area is 391 Å². The molecule has 0 radical (unpaired) electrons. The van der Waals surface area contributed by atoms with E-state index in [4.69, 9.17) is 36.3 Å². The quantitative estimate of drug-likeness (QED) is 0.115. The summed E-state index contributed by atoms with van der Waals surface area (Å²) in [5.41, 5.74) is -2.28. The van der Waals surface area contributed by atoms with Crippen LogP contribution in [0.25, 0.3) is 22.8 Å². The summed E-state index contributed by atoms with van der Waals surface area (Å²) < 4.78 is 330. The Morgan fingerprint density at radius 3 is 0.965 bits per heavy atom. The van der Waals surface area contributed by atoms with Gasteiger partial charge in [0.25, 0.3) is 0 Å². The summed E-state index contributed by atoms with van der Waals surface area (Å²) in [6.45, 7) is 0. The largest absolute Gasteiger partial charge is 0.226 e. The molecule has 0 fully saturated rings. The molecule has 3 nitrogen and oxygen atoms in total. The van der Waals surface area contributed by atoms with Crippen LogP contribution >= 0.6 is 11.6 Å². The molecule has 1 heterocycles. The molecule has 6 heteroatoms. The molecule has 9 aromatic rings. The number of benzene rings is 8. The summed E-state index contributed by atoms with van der Waals surface area (Å²) in [7, 11) is -12.6. The molecule has 0 N–H and O–H groups in total. The first-order valence-electron chi connectivity index (χ1n) is 34.2. The van der Waals surface area contributed by atoms with Crippen molar-refractivity contribution in [1.82, 2.24) is 15.0 Å². The fraction of sp³-hybridized carbons (Fsp3) is 0. The Bertz CT molecular complexity index is 4320. The Morgan fingerprint density at radius 1 is 0.316 bits per heavy atom. The number of halogens is 1. The van der Waals surface area contributed by atoms with Crippen LogP contribution in [0.15, 0.2) is 230 Å². The van der Waals surface area contributed by atoms with Gasteiger partial charge < -0.3 is 0 Å². The van der Waals surface area contributed by atoms with Crippen molar-refractivity contribution in [3.8, 4) is 22.8 Å². The average molecular weight is 821 g/mol. The fourth-order valence-electron chi connectivity index (χ4n) is 6.13. The van der Waals surface area contributed by atoms with Gasteiger partial charge in [-0.15, -0.1) is 0 Å². The Kier molecular flexibility index (Phi) is 3.87. The van der Waals surface area contributed by atoms with Crippen molar-refractivity contribution in [3.63, 3.8) is 0 Å². The smallest absolute Gasteiger partial charge is 0.208 e. The van der Waals surface area contributed by atoms with E-state index in [9.17, 15) is 24.7 Å². The molecule has 1 aromatic heterocycles. The van der Waals surface area contributed by atoms with Crippen LogP contribution in [0.4, 0.5) is 0 Å². The van der Waals surface area contributed by atoms with E-state index in [-0.39, 0.29) is 0 Å². The highest BCUT2D eigenvalue weighted by Gasteiger charge is 2.43. The predicted molar refractivity (Wildman–Crippen MR) is 243 cm³/mol. The predicted octanol–water partition coefficient (Wildman–Crippen LogP) is 6.61. The molecule has 0 atom stereocenters. The standard InChI is InChI=1S/C51H38ClN3Si2/c52-51-54-49(39-21-19-35-47(37-39)56(41-23-7-1-8-24-41,42-25-9-2-10-26-42)43-27-11-3-12-28-43)53-50(55-51)40-22-20-36-48(38-40)57(44-29-13-4-14-30-44,45-31-15-5-16-32-45)46-33-17-6-18-34-46/h1-38H/i1D,2D,3D,4D,5D,6D,7D,8D,9D,10D,11D,12D,13D,14D,15D,16D,17D,18D,19D,20D,21D,22D,23D,24D,25D,26D,27D,29D,30D,31D,32D,33D,35D,36D,37D,38D. The first-order valence-corrected chi connectivity index (χ1v) is 20.6. The lowest BCUT2D eigenvalue weighted by atomic mass is 10.2. The van der Waals surface area contributed by atoms with Crippen LogP contribution in [-0.2, 0) is 0 Å². The average Bonchev–Trinajstić information content (AvgIpc) is 0.690. The Hall–Kier alpha value is -6.51. The van der Waals surface area contributed by atoms with Gasteiger partial charge in [0.15, 0.2) is 27.8 Å². The number of nitrogens with zero attached hydrogens (tertiary/aromatic N) is 3. The van der Waals surface area contributed by atoms with Gasteiger partial charge in [-0.2, -0.15) is 9.97 Å². The van der Waals surface area contributed by atoms with Gasteiger partial charge in [-0.25, -0.2) is 4.98 Å². The molecular formula is C51H38ClN3Si2. The van der Waals surface area contributed by atoms with E-state index in [1.807, 2.05) is 0 Å². The van der Waals surface area contributed by atoms with Crippen molar-refractivity contribution >= 4 is 69.2 Å². The molecule has 0 saturated carbocycles. The lowest BCUT2D eigenvalue weighted by Crippen LogP contribution is -2.74. The van der Waals surface area contributed by atoms with Gasteiger partial charge in [0.1, 0.15) is 0 Å². The van der Waals surface area contributed by atoms with E-state index in [2.05, 4.69) is 15.0 Å². The van der Waals surface area contributed by atoms with Crippen LogP contribution < -0.4 is 41.5 Å². The third-order valence-corrected chi connectivity index (χ3v) is 16.8. The highest BCUT2D eigenvalue weighted by Crippen LogP contribution is 2.23. The maximum atomic E-state index is 10.2. The van der Waals surface area contributed by atoms with Crippen LogP contribution in [0, 0.1) is 0 Å². The molecule has 0 unspecified atom stereocenters. The van der Waals surface area contributed by atoms with Gasteiger partial charge in [-0.1, -0.05) is 230 Å². The van der Waals surface area contributed by atoms with Crippen molar-refractivity contribution in [2.75, 3.05) is 0 Å². The van der Waals surface area contributed by atoms with Gasteiger partial charge >= 0.3 is 0 Å². The minimum atomic E-state index is -6.28. The molecule has 0 saturated heterocycles. The van der Waals surface area contributed by atoms with Crippen LogP contribution in [0.3, 0.4) is 0 Å². The fourth-order valence-corrected chi connectivity index (χ4v) is 13.6. The first-order chi connectivity index (χ1) is 43.1. The van der Waals surface area contributed by atoms with Gasteiger partial charge in [-0.3, -0.25) is 0 Å². The van der Waals surface area contributed by atoms with Gasteiger partial charge in [0.2, 0.25) is 5.28 Å². The molecule has 0 bridgehead atoms. The lowest BCUT2D eigenvalue weighted by Gasteiger charge is -2.34. The lowest BCUT2D eigenvalue weighted by molar-refractivity contribution is 1.07. The molecular weight excluding hydrogens is 746 g/mol. The normalized spacial score (nSPS) is 20.4. The van der Waals surface area contributed by atoms with E-state index in [1.165, 1.54) is 0 Å². The third-order valence-electron chi connectivity index (χ3n) is 8.46. The molecule has 0 spiro atoms. The Morgan fingerprint density at radius 2 is 0.614 bits per heavy atom. The zero-order valence-corrected chi connectivity index (χ0v) is 31.1. The summed E-state index contributed by atoms with van der Waals surface area (Å²) in [6, 6.07) is -42.1. The van der Waals surface area contributed by atoms with Crippen LogP contribution in [0.5, 0.6) is 0 Å². The first kappa shape index (κ1) is 13.9. The minimum Gasteiger partial charge on any atom is -0.208 e. The molecule has 0 amide bonds. The summed E-state index contributed by atoms with van der Waals surface area (Å²) in [6.07, 6.45) is 0. The number of hydrogen-bond donors (Lipinski definition) is 0. The zero-order valence-electron chi connectivity index (χ0n) is 64.4. The molecule has 272 valence electrons. The van der Waals surface area contributed by atoms with Crippen LogP contribution in [-0.4, -0.2) is 31.1 Å². The van der Waals surface area contributed by atoms with Gasteiger partial charge in [0.05, 0.1) is 49.3 Å².